The summed E-state index contributed by atoms with van der Waals surface area (Å²) in [6.07, 6.45) is 0.506. The molecule has 0 fully saturated rings. The molecule has 0 saturated carbocycles. The lowest BCUT2D eigenvalue weighted by molar-refractivity contribution is -0.387. The lowest BCUT2D eigenvalue weighted by Gasteiger charge is -2.13. The predicted octanol–water partition coefficient (Wildman–Crippen LogP) is -0.854. The van der Waals surface area contributed by atoms with Crippen LogP contribution in [0.3, 0.4) is 0 Å². The van der Waals surface area contributed by atoms with Crippen LogP contribution in [0.15, 0.2) is 24.3 Å². The van der Waals surface area contributed by atoms with Gasteiger partial charge in [0, 0.05) is 0 Å². The van der Waals surface area contributed by atoms with E-state index in [4.69, 9.17) is 0 Å². The molecular formula is C11H15NO2. The minimum Gasteiger partial charge on any atom is -0.550 e. The predicted molar refractivity (Wildman–Crippen MR) is 51.1 cm³/mol. The second-order valence-corrected chi connectivity index (χ2v) is 3.49. The molecule has 0 aliphatic carbocycles. The first-order valence-electron chi connectivity index (χ1n) is 4.69. The third kappa shape index (κ3) is 2.85. The smallest absolute Gasteiger partial charge is 0.0824 e. The van der Waals surface area contributed by atoms with E-state index < -0.39 is 11.9 Å². The molecule has 0 amide bonds. The van der Waals surface area contributed by atoms with Crippen LogP contribution in [0.5, 0.6) is 0 Å². The molecule has 1 rings (SSSR count). The number of hydrogen-bond acceptors (Lipinski definition) is 2. The number of hydrogen-bond donors (Lipinski definition) is 1. The quantitative estimate of drug-likeness (QED) is 0.676. The fraction of sp³-hybridized carbons (Fsp3) is 0.364. The Morgan fingerprint density at radius 3 is 2.43 bits per heavy atom. The van der Waals surface area contributed by atoms with E-state index in [9.17, 15) is 9.90 Å². The number of rotatable bonds is 4. The van der Waals surface area contributed by atoms with Crippen molar-refractivity contribution in [2.24, 2.45) is 5.92 Å². The van der Waals surface area contributed by atoms with Crippen LogP contribution >= 0.6 is 0 Å². The number of benzene rings is 1. The molecule has 3 heteroatoms. The molecule has 1 atom stereocenters. The average molecular weight is 193 g/mol. The molecule has 0 heterocycles. The number of aryl methyl sites for hydroxylation is 1. The lowest BCUT2D eigenvalue weighted by atomic mass is 9.99. The van der Waals surface area contributed by atoms with Gasteiger partial charge < -0.3 is 15.6 Å². The van der Waals surface area contributed by atoms with Crippen molar-refractivity contribution in [1.82, 2.24) is 0 Å². The summed E-state index contributed by atoms with van der Waals surface area (Å²) in [5.41, 5.74) is 5.80. The Labute approximate surface area is 83.6 Å². The van der Waals surface area contributed by atoms with Crippen molar-refractivity contribution in [3.8, 4) is 0 Å². The first-order valence-corrected chi connectivity index (χ1v) is 4.69. The number of carboxylic acids is 1. The summed E-state index contributed by atoms with van der Waals surface area (Å²) in [5.74, 6) is -1.49. The van der Waals surface area contributed by atoms with Crippen LogP contribution in [0.2, 0.25) is 0 Å². The Balaban J connectivity index is 2.67. The minimum atomic E-state index is -1.01. The monoisotopic (exact) mass is 193 g/mol. The van der Waals surface area contributed by atoms with E-state index in [1.807, 2.05) is 31.2 Å². The number of carboxylic acid groups (broad SMARTS) is 1. The number of aliphatic carboxylic acids is 1. The Morgan fingerprint density at radius 1 is 1.43 bits per heavy atom. The van der Waals surface area contributed by atoms with Crippen LogP contribution in [0.1, 0.15) is 11.1 Å². The van der Waals surface area contributed by atoms with Gasteiger partial charge in [-0.05, 0) is 18.9 Å². The lowest BCUT2D eigenvalue weighted by Crippen LogP contribution is -2.57. The van der Waals surface area contributed by atoms with Gasteiger partial charge in [0.1, 0.15) is 0 Å². The molecule has 1 aromatic rings. The molecule has 76 valence electrons. The minimum absolute atomic E-state index is 0.371. The Morgan fingerprint density at radius 2 is 2.00 bits per heavy atom. The van der Waals surface area contributed by atoms with Crippen LogP contribution in [-0.2, 0) is 11.2 Å². The highest BCUT2D eigenvalue weighted by molar-refractivity contribution is 5.68. The van der Waals surface area contributed by atoms with Crippen LogP contribution in [0.25, 0.3) is 0 Å². The largest absolute Gasteiger partial charge is 0.550 e. The van der Waals surface area contributed by atoms with Gasteiger partial charge in [-0.15, -0.1) is 0 Å². The van der Waals surface area contributed by atoms with Gasteiger partial charge in [0.25, 0.3) is 0 Å². The van der Waals surface area contributed by atoms with E-state index in [2.05, 4.69) is 5.73 Å². The van der Waals surface area contributed by atoms with Gasteiger partial charge in [-0.2, -0.15) is 0 Å². The van der Waals surface area contributed by atoms with Crippen molar-refractivity contribution in [2.45, 2.75) is 13.3 Å². The summed E-state index contributed by atoms with van der Waals surface area (Å²) in [6, 6.07) is 7.84. The SMILES string of the molecule is Cc1ccc(C[C@H](C[NH3+])C(=O)[O-])cc1. The molecule has 0 unspecified atom stereocenters. The Bertz CT molecular complexity index is 306. The van der Waals surface area contributed by atoms with Crippen LogP contribution in [-0.4, -0.2) is 12.5 Å². The molecule has 0 saturated heterocycles. The second-order valence-electron chi connectivity index (χ2n) is 3.49. The zero-order valence-corrected chi connectivity index (χ0v) is 8.32. The maximum absolute atomic E-state index is 10.7. The van der Waals surface area contributed by atoms with Crippen molar-refractivity contribution < 1.29 is 15.6 Å². The van der Waals surface area contributed by atoms with Gasteiger partial charge in [0.15, 0.2) is 0 Å². The third-order valence-corrected chi connectivity index (χ3v) is 2.28. The molecule has 0 radical (unpaired) electrons. The van der Waals surface area contributed by atoms with Gasteiger partial charge in [-0.25, -0.2) is 0 Å². The summed E-state index contributed by atoms with van der Waals surface area (Å²) < 4.78 is 0. The summed E-state index contributed by atoms with van der Waals surface area (Å²) in [4.78, 5) is 10.7. The molecule has 0 spiro atoms. The average Bonchev–Trinajstić information content (AvgIpc) is 2.16. The number of carbonyl (C=O) groups is 1. The molecule has 0 aromatic heterocycles. The van der Waals surface area contributed by atoms with E-state index >= 15 is 0 Å². The van der Waals surface area contributed by atoms with Crippen LogP contribution in [0.4, 0.5) is 0 Å². The molecule has 0 aliphatic heterocycles. The first-order chi connectivity index (χ1) is 6.63. The zero-order valence-electron chi connectivity index (χ0n) is 8.32. The maximum Gasteiger partial charge on any atom is 0.0824 e. The second kappa shape index (κ2) is 4.77. The first kappa shape index (κ1) is 10.7. The molecule has 3 nitrogen and oxygen atoms in total. The van der Waals surface area contributed by atoms with Crippen molar-refractivity contribution >= 4 is 5.97 Å². The maximum atomic E-state index is 10.7. The highest BCUT2D eigenvalue weighted by Crippen LogP contribution is 2.08. The molecule has 14 heavy (non-hydrogen) atoms. The fourth-order valence-corrected chi connectivity index (χ4v) is 1.31. The number of carbonyl (C=O) groups excluding carboxylic acids is 1. The van der Waals surface area contributed by atoms with E-state index in [1.165, 1.54) is 5.56 Å². The van der Waals surface area contributed by atoms with Crippen LogP contribution < -0.4 is 10.8 Å². The topological polar surface area (TPSA) is 67.8 Å². The van der Waals surface area contributed by atoms with E-state index in [0.717, 1.165) is 5.56 Å². The third-order valence-electron chi connectivity index (χ3n) is 2.28. The highest BCUT2D eigenvalue weighted by Gasteiger charge is 2.10. The van der Waals surface area contributed by atoms with E-state index in [0.29, 0.717) is 13.0 Å². The molecular weight excluding hydrogens is 178 g/mol. The molecule has 3 N–H and O–H groups in total. The van der Waals surface area contributed by atoms with Crippen LogP contribution in [0, 0.1) is 12.8 Å². The molecule has 1 aromatic carbocycles. The highest BCUT2D eigenvalue weighted by atomic mass is 16.4. The Hall–Kier alpha value is -1.35. The fourth-order valence-electron chi connectivity index (χ4n) is 1.31. The van der Waals surface area contributed by atoms with Crippen molar-refractivity contribution in [1.29, 1.82) is 0 Å². The van der Waals surface area contributed by atoms with Gasteiger partial charge in [-0.3, -0.25) is 0 Å². The van der Waals surface area contributed by atoms with Gasteiger partial charge in [0.2, 0.25) is 0 Å². The standard InChI is InChI=1S/C11H15NO2/c1-8-2-4-9(5-3-8)6-10(7-12)11(13)14/h2-5,10H,6-7,12H2,1H3,(H,13,14)/t10-/m1/s1. The summed E-state index contributed by atoms with van der Waals surface area (Å²) in [6.45, 7) is 2.37. The van der Waals surface area contributed by atoms with Crippen molar-refractivity contribution in [2.75, 3.05) is 6.54 Å². The zero-order chi connectivity index (χ0) is 10.6. The summed E-state index contributed by atoms with van der Waals surface area (Å²) in [5, 5.41) is 10.7. The van der Waals surface area contributed by atoms with Gasteiger partial charge in [0.05, 0.1) is 18.4 Å². The molecule has 0 bridgehead atoms. The van der Waals surface area contributed by atoms with Crippen molar-refractivity contribution in [3.63, 3.8) is 0 Å². The normalized spacial score (nSPS) is 12.4. The number of quaternary nitrogens is 1. The van der Waals surface area contributed by atoms with Crippen molar-refractivity contribution in [3.05, 3.63) is 35.4 Å². The molecule has 0 aliphatic rings. The van der Waals surface area contributed by atoms with Gasteiger partial charge >= 0.3 is 0 Å². The van der Waals surface area contributed by atoms with Gasteiger partial charge in [-0.1, -0.05) is 29.8 Å². The Kier molecular flexibility index (Phi) is 3.65. The summed E-state index contributed by atoms with van der Waals surface area (Å²) in [7, 11) is 0. The van der Waals surface area contributed by atoms with E-state index in [-0.39, 0.29) is 0 Å². The van der Waals surface area contributed by atoms with E-state index in [1.54, 1.807) is 0 Å². The summed E-state index contributed by atoms with van der Waals surface area (Å²) >= 11 is 0.